The Balaban J connectivity index is 1.66. The van der Waals surface area contributed by atoms with Crippen LogP contribution in [0.3, 0.4) is 0 Å². The minimum atomic E-state index is -0.634. The summed E-state index contributed by atoms with van der Waals surface area (Å²) in [7, 11) is 0. The monoisotopic (exact) mass is 355 g/mol. The van der Waals surface area contributed by atoms with Crippen LogP contribution < -0.4 is 5.32 Å². The van der Waals surface area contributed by atoms with Gasteiger partial charge in [0.05, 0.1) is 6.07 Å². The molecule has 1 N–H and O–H groups in total. The highest BCUT2D eigenvalue weighted by molar-refractivity contribution is 5.91. The van der Waals surface area contributed by atoms with Gasteiger partial charge in [0.15, 0.2) is 0 Å². The van der Waals surface area contributed by atoms with Crippen LogP contribution in [0.5, 0.6) is 0 Å². The Hall–Kier alpha value is -2.55. The lowest BCUT2D eigenvalue weighted by atomic mass is 9.94. The van der Waals surface area contributed by atoms with Gasteiger partial charge in [-0.1, -0.05) is 49.6 Å². The van der Waals surface area contributed by atoms with E-state index in [1.165, 1.54) is 4.90 Å². The lowest BCUT2D eigenvalue weighted by Gasteiger charge is -2.32. The molecule has 6 nitrogen and oxygen atoms in total. The zero-order valence-corrected chi connectivity index (χ0v) is 14.9. The molecule has 138 valence electrons. The van der Waals surface area contributed by atoms with Crippen LogP contribution in [0.1, 0.15) is 50.5 Å². The highest BCUT2D eigenvalue weighted by atomic mass is 16.6. The van der Waals surface area contributed by atoms with Gasteiger partial charge in [0.1, 0.15) is 12.6 Å². The molecule has 1 unspecified atom stereocenters. The molecule has 2 aliphatic rings. The largest absolute Gasteiger partial charge is 0.444 e. The fourth-order valence-corrected chi connectivity index (χ4v) is 3.41. The molecule has 1 aromatic rings. The average Bonchev–Trinajstić information content (AvgIpc) is 3.51. The first-order chi connectivity index (χ1) is 12.7. The van der Waals surface area contributed by atoms with E-state index in [4.69, 9.17) is 4.74 Å². The normalized spacial score (nSPS) is 18.4. The van der Waals surface area contributed by atoms with Gasteiger partial charge in [-0.25, -0.2) is 14.5 Å². The fraction of sp³-hybridized carbons (Fsp3) is 0.550. The van der Waals surface area contributed by atoms with E-state index < -0.39 is 18.2 Å². The van der Waals surface area contributed by atoms with Crippen LogP contribution in [0.4, 0.5) is 9.59 Å². The number of ether oxygens (including phenoxy) is 1. The Bertz CT molecular complexity index is 661. The van der Waals surface area contributed by atoms with Crippen molar-refractivity contribution < 1.29 is 14.3 Å². The topological polar surface area (TPSA) is 82.4 Å². The number of amides is 3. The lowest BCUT2D eigenvalue weighted by molar-refractivity contribution is 0.0836. The number of imide groups is 1. The number of nitrogens with zero attached hydrogens (tertiary/aromatic N) is 2. The van der Waals surface area contributed by atoms with Crippen molar-refractivity contribution in [1.82, 2.24) is 10.2 Å². The zero-order valence-electron chi connectivity index (χ0n) is 14.9. The number of carbonyl (C=O) groups is 2. The van der Waals surface area contributed by atoms with E-state index in [0.717, 1.165) is 50.5 Å². The predicted molar refractivity (Wildman–Crippen MR) is 96.0 cm³/mol. The third-order valence-electron chi connectivity index (χ3n) is 5.07. The first-order valence-corrected chi connectivity index (χ1v) is 9.39. The fourth-order valence-electron chi connectivity index (χ4n) is 3.41. The molecule has 3 amide bonds. The number of urea groups is 1. The molecule has 0 aliphatic heterocycles. The molecule has 2 aliphatic carbocycles. The van der Waals surface area contributed by atoms with E-state index in [1.807, 2.05) is 30.3 Å². The number of hydrogen-bond acceptors (Lipinski definition) is 4. The molecule has 2 saturated carbocycles. The second-order valence-corrected chi connectivity index (χ2v) is 7.10. The quantitative estimate of drug-likeness (QED) is 0.866. The molecule has 1 aromatic carbocycles. The molecule has 0 spiro atoms. The van der Waals surface area contributed by atoms with Gasteiger partial charge in [0.25, 0.3) is 0 Å². The molecule has 0 heterocycles. The van der Waals surface area contributed by atoms with Gasteiger partial charge in [0.2, 0.25) is 0 Å². The predicted octanol–water partition coefficient (Wildman–Crippen LogP) is 3.97. The Morgan fingerprint density at radius 1 is 1.15 bits per heavy atom. The van der Waals surface area contributed by atoms with Crippen molar-refractivity contribution in [1.29, 1.82) is 5.26 Å². The van der Waals surface area contributed by atoms with Crippen LogP contribution in [-0.4, -0.2) is 29.1 Å². The molecule has 26 heavy (non-hydrogen) atoms. The molecule has 0 bridgehead atoms. The van der Waals surface area contributed by atoms with Gasteiger partial charge >= 0.3 is 12.1 Å². The first-order valence-electron chi connectivity index (χ1n) is 9.39. The van der Waals surface area contributed by atoms with Gasteiger partial charge in [-0.05, 0) is 37.2 Å². The van der Waals surface area contributed by atoms with E-state index in [-0.39, 0.29) is 18.6 Å². The third-order valence-corrected chi connectivity index (χ3v) is 5.07. The van der Waals surface area contributed by atoms with Crippen LogP contribution >= 0.6 is 0 Å². The van der Waals surface area contributed by atoms with Crippen molar-refractivity contribution in [2.75, 3.05) is 0 Å². The second kappa shape index (κ2) is 8.70. The highest BCUT2D eigenvalue weighted by Gasteiger charge is 2.37. The molecule has 0 saturated heterocycles. The standard InChI is InChI=1S/C20H25N3O3/c21-13-18(16-11-12-16)22-19(24)23(17-9-5-2-6-10-17)20(25)26-14-15-7-3-1-4-8-15/h1,3-4,7-8,16-18H,2,5-6,9-12,14H2,(H,22,24). The summed E-state index contributed by atoms with van der Waals surface area (Å²) < 4.78 is 5.40. The van der Waals surface area contributed by atoms with Crippen molar-refractivity contribution >= 4 is 12.1 Å². The number of benzene rings is 1. The van der Waals surface area contributed by atoms with Crippen molar-refractivity contribution in [3.8, 4) is 6.07 Å². The lowest BCUT2D eigenvalue weighted by Crippen LogP contribution is -2.52. The summed E-state index contributed by atoms with van der Waals surface area (Å²) in [5.74, 6) is 0.206. The Kier molecular flexibility index (Phi) is 6.11. The van der Waals surface area contributed by atoms with Crippen LogP contribution in [0.2, 0.25) is 0 Å². The van der Waals surface area contributed by atoms with Gasteiger partial charge in [-0.3, -0.25) is 0 Å². The summed E-state index contributed by atoms with van der Waals surface area (Å²) >= 11 is 0. The van der Waals surface area contributed by atoms with Gasteiger partial charge < -0.3 is 10.1 Å². The maximum Gasteiger partial charge on any atom is 0.418 e. The molecular weight excluding hydrogens is 330 g/mol. The molecule has 2 fully saturated rings. The van der Waals surface area contributed by atoms with Crippen LogP contribution in [0.15, 0.2) is 30.3 Å². The first kappa shape index (κ1) is 18.2. The Morgan fingerprint density at radius 2 is 1.85 bits per heavy atom. The van der Waals surface area contributed by atoms with Crippen LogP contribution in [0.25, 0.3) is 0 Å². The Labute approximate surface area is 154 Å². The number of nitrogens with one attached hydrogen (secondary N) is 1. The molecule has 1 atom stereocenters. The minimum absolute atomic E-state index is 0.125. The molecular formula is C20H25N3O3. The minimum Gasteiger partial charge on any atom is -0.444 e. The third kappa shape index (κ3) is 4.75. The van der Waals surface area contributed by atoms with E-state index in [1.54, 1.807) is 0 Å². The molecule has 3 rings (SSSR count). The average molecular weight is 355 g/mol. The molecule has 6 heteroatoms. The summed E-state index contributed by atoms with van der Waals surface area (Å²) in [6.45, 7) is 0.125. The van der Waals surface area contributed by atoms with Crippen molar-refractivity contribution in [2.24, 2.45) is 5.92 Å². The number of rotatable bonds is 5. The van der Waals surface area contributed by atoms with Crippen molar-refractivity contribution in [3.63, 3.8) is 0 Å². The summed E-state index contributed by atoms with van der Waals surface area (Å²) in [4.78, 5) is 26.6. The maximum absolute atomic E-state index is 12.8. The highest BCUT2D eigenvalue weighted by Crippen LogP contribution is 2.32. The van der Waals surface area contributed by atoms with Gasteiger partial charge in [-0.2, -0.15) is 5.26 Å². The van der Waals surface area contributed by atoms with E-state index in [2.05, 4.69) is 11.4 Å². The maximum atomic E-state index is 12.8. The SMILES string of the molecule is N#CC(NC(=O)N(C(=O)OCc1ccccc1)C1CCCCC1)C1CC1. The molecule has 0 radical (unpaired) electrons. The van der Waals surface area contributed by atoms with E-state index in [9.17, 15) is 14.9 Å². The number of carbonyl (C=O) groups excluding carboxylic acids is 2. The van der Waals surface area contributed by atoms with Gasteiger partial charge in [0, 0.05) is 6.04 Å². The summed E-state index contributed by atoms with van der Waals surface area (Å²) in [6, 6.07) is 10.3. The van der Waals surface area contributed by atoms with Crippen molar-refractivity contribution in [2.45, 2.75) is 63.6 Å². The van der Waals surface area contributed by atoms with E-state index >= 15 is 0 Å². The zero-order chi connectivity index (χ0) is 18.4. The van der Waals surface area contributed by atoms with E-state index in [0.29, 0.717) is 0 Å². The number of nitriles is 1. The summed E-state index contributed by atoms with van der Waals surface area (Å²) in [5, 5.41) is 12.0. The smallest absolute Gasteiger partial charge is 0.418 e. The van der Waals surface area contributed by atoms with Crippen molar-refractivity contribution in [3.05, 3.63) is 35.9 Å². The Morgan fingerprint density at radius 3 is 2.46 bits per heavy atom. The number of hydrogen-bond donors (Lipinski definition) is 1. The second-order valence-electron chi connectivity index (χ2n) is 7.10. The molecule has 0 aromatic heterocycles. The summed E-state index contributed by atoms with van der Waals surface area (Å²) in [5.41, 5.74) is 0.873. The summed E-state index contributed by atoms with van der Waals surface area (Å²) in [6.07, 6.45) is 5.93. The van der Waals surface area contributed by atoms with Gasteiger partial charge in [-0.15, -0.1) is 0 Å². The van der Waals surface area contributed by atoms with Crippen LogP contribution in [-0.2, 0) is 11.3 Å². The van der Waals surface area contributed by atoms with Crippen LogP contribution in [0, 0.1) is 17.2 Å².